The molecule has 3 unspecified atom stereocenters. The minimum absolute atomic E-state index is 0.557. The summed E-state index contributed by atoms with van der Waals surface area (Å²) >= 11 is 0. The average molecular weight is 567 g/mol. The molecule has 0 aromatic rings. The van der Waals surface area contributed by atoms with Gasteiger partial charge in [-0.15, -0.1) is 0 Å². The Labute approximate surface area is 236 Å². The molecule has 0 fully saturated rings. The predicted octanol–water partition coefficient (Wildman–Crippen LogP) is 10.3. The van der Waals surface area contributed by atoms with Crippen molar-refractivity contribution in [3.05, 3.63) is 0 Å². The first-order chi connectivity index (χ1) is 18.5. The van der Waals surface area contributed by atoms with Crippen LogP contribution in [0, 0.1) is 0 Å². The fourth-order valence-corrected chi connectivity index (χ4v) is 5.33. The molecule has 0 saturated carbocycles. The molecule has 0 aromatic heterocycles. The molecule has 0 bridgehead atoms. The van der Waals surface area contributed by atoms with Crippen LogP contribution in [0.4, 0.5) is 0 Å². The van der Waals surface area contributed by atoms with Gasteiger partial charge in [-0.1, -0.05) is 99.3 Å². The summed E-state index contributed by atoms with van der Waals surface area (Å²) < 4.78 is 50.8. The highest BCUT2D eigenvalue weighted by Crippen LogP contribution is 2.54. The van der Waals surface area contributed by atoms with Crippen molar-refractivity contribution in [2.24, 2.45) is 0 Å². The first kappa shape index (κ1) is 38.0. The molecule has 3 atom stereocenters. The van der Waals surface area contributed by atoms with Crippen molar-refractivity contribution in [3.63, 3.8) is 0 Å². The Hall–Kier alpha value is -0.0100. The van der Waals surface area contributed by atoms with Gasteiger partial charge in [-0.3, -0.25) is 13.6 Å². The van der Waals surface area contributed by atoms with E-state index in [4.69, 9.17) is 27.8 Å². The van der Waals surface area contributed by atoms with Gasteiger partial charge in [0.25, 0.3) is 0 Å². The number of phosphoric ester groups is 1. The molecule has 0 rings (SSSR count). The van der Waals surface area contributed by atoms with Gasteiger partial charge < -0.3 is 14.2 Å². The summed E-state index contributed by atoms with van der Waals surface area (Å²) in [7, 11) is -4.05. The minimum Gasteiger partial charge on any atom is -0.352 e. The summed E-state index contributed by atoms with van der Waals surface area (Å²) in [6.07, 6.45) is 15.0. The average Bonchev–Trinajstić information content (AvgIpc) is 2.91. The van der Waals surface area contributed by atoms with Gasteiger partial charge in [0.15, 0.2) is 18.9 Å². The first-order valence-electron chi connectivity index (χ1n) is 16.0. The van der Waals surface area contributed by atoms with Crippen LogP contribution in [0.5, 0.6) is 0 Å². The van der Waals surface area contributed by atoms with E-state index in [1.807, 2.05) is 0 Å². The van der Waals surface area contributed by atoms with Crippen molar-refractivity contribution in [2.75, 3.05) is 19.8 Å². The molecule has 38 heavy (non-hydrogen) atoms. The van der Waals surface area contributed by atoms with Crippen LogP contribution >= 0.6 is 7.82 Å². The molecular formula is C30H63O7P. The van der Waals surface area contributed by atoms with Gasteiger partial charge in [-0.25, -0.2) is 4.57 Å². The maximum absolute atomic E-state index is 14.3. The largest absolute Gasteiger partial charge is 0.481 e. The highest BCUT2D eigenvalue weighted by Gasteiger charge is 2.38. The summed E-state index contributed by atoms with van der Waals surface area (Å²) in [4.78, 5) is 0. The molecule has 0 aliphatic carbocycles. The molecule has 0 amide bonds. The normalized spacial score (nSPS) is 15.8. The number of hydrogen-bond acceptors (Lipinski definition) is 7. The topological polar surface area (TPSA) is 72.5 Å². The van der Waals surface area contributed by atoms with E-state index < -0.39 is 26.7 Å². The third-order valence-electron chi connectivity index (χ3n) is 6.28. The van der Waals surface area contributed by atoms with Crippen LogP contribution < -0.4 is 0 Å². The lowest BCUT2D eigenvalue weighted by atomic mass is 10.2. The number of ether oxygens (including phenoxy) is 3. The Morgan fingerprint density at radius 1 is 0.421 bits per heavy atom. The fraction of sp³-hybridized carbons (Fsp3) is 1.00. The fourth-order valence-electron chi connectivity index (χ4n) is 3.82. The van der Waals surface area contributed by atoms with Gasteiger partial charge in [0, 0.05) is 19.8 Å². The van der Waals surface area contributed by atoms with E-state index in [0.717, 1.165) is 96.3 Å². The lowest BCUT2D eigenvalue weighted by Gasteiger charge is -2.30. The van der Waals surface area contributed by atoms with Crippen LogP contribution in [-0.2, 0) is 32.3 Å². The van der Waals surface area contributed by atoms with Crippen LogP contribution in [0.3, 0.4) is 0 Å². The van der Waals surface area contributed by atoms with Crippen molar-refractivity contribution >= 4 is 7.82 Å². The van der Waals surface area contributed by atoms with Gasteiger partial charge in [0.05, 0.1) is 0 Å². The highest BCUT2D eigenvalue weighted by atomic mass is 31.2. The Bertz CT molecular complexity index is 463. The van der Waals surface area contributed by atoms with Crippen molar-refractivity contribution in [1.82, 2.24) is 0 Å². The molecule has 230 valence electrons. The molecule has 0 spiro atoms. The lowest BCUT2D eigenvalue weighted by molar-refractivity contribution is -0.164. The number of rotatable bonds is 30. The van der Waals surface area contributed by atoms with E-state index in [0.29, 0.717) is 39.1 Å². The second kappa shape index (κ2) is 27.2. The van der Waals surface area contributed by atoms with E-state index in [9.17, 15) is 4.57 Å². The van der Waals surface area contributed by atoms with E-state index in [2.05, 4.69) is 41.5 Å². The van der Waals surface area contributed by atoms with Gasteiger partial charge in [-0.2, -0.15) is 0 Å². The Morgan fingerprint density at radius 3 is 0.921 bits per heavy atom. The second-order valence-electron chi connectivity index (χ2n) is 10.2. The van der Waals surface area contributed by atoms with Crippen LogP contribution in [0.25, 0.3) is 0 Å². The summed E-state index contributed by atoms with van der Waals surface area (Å²) in [6, 6.07) is 0. The Balaban J connectivity index is 5.72. The summed E-state index contributed by atoms with van der Waals surface area (Å²) in [5.41, 5.74) is 0. The molecule has 7 nitrogen and oxygen atoms in total. The van der Waals surface area contributed by atoms with E-state index in [-0.39, 0.29) is 0 Å². The van der Waals surface area contributed by atoms with Crippen molar-refractivity contribution in [3.8, 4) is 0 Å². The molecule has 0 N–H and O–H groups in total. The van der Waals surface area contributed by atoms with Crippen molar-refractivity contribution in [2.45, 2.75) is 176 Å². The maximum atomic E-state index is 14.3. The third-order valence-corrected chi connectivity index (χ3v) is 7.76. The monoisotopic (exact) mass is 566 g/mol. The molecule has 0 aromatic carbocycles. The lowest BCUT2D eigenvalue weighted by Crippen LogP contribution is -2.26. The molecule has 0 heterocycles. The maximum Gasteiger partial charge on any atom is 0.481 e. The first-order valence-corrected chi connectivity index (χ1v) is 17.4. The van der Waals surface area contributed by atoms with Gasteiger partial charge in [0.1, 0.15) is 0 Å². The number of unbranched alkanes of at least 4 members (excludes halogenated alkanes) is 9. The quantitative estimate of drug-likeness (QED) is 0.0486. The van der Waals surface area contributed by atoms with Crippen LogP contribution in [-0.4, -0.2) is 38.7 Å². The molecule has 0 aliphatic rings. The van der Waals surface area contributed by atoms with Crippen LogP contribution in [0.1, 0.15) is 157 Å². The van der Waals surface area contributed by atoms with Gasteiger partial charge in [-0.05, 0) is 57.8 Å². The van der Waals surface area contributed by atoms with Crippen molar-refractivity contribution < 1.29 is 32.3 Å². The Kier molecular flexibility index (Phi) is 27.2. The van der Waals surface area contributed by atoms with E-state index in [1.165, 1.54) is 0 Å². The molecular weight excluding hydrogens is 503 g/mol. The number of phosphoric acid groups is 1. The van der Waals surface area contributed by atoms with Gasteiger partial charge in [0.2, 0.25) is 0 Å². The van der Waals surface area contributed by atoms with E-state index >= 15 is 0 Å². The minimum atomic E-state index is -4.05. The second-order valence-corrected chi connectivity index (χ2v) is 11.7. The summed E-state index contributed by atoms with van der Waals surface area (Å²) in [6.45, 7) is 14.5. The summed E-state index contributed by atoms with van der Waals surface area (Å²) in [5, 5.41) is 0. The van der Waals surface area contributed by atoms with Gasteiger partial charge >= 0.3 is 7.82 Å². The zero-order chi connectivity index (χ0) is 28.3. The predicted molar refractivity (Wildman–Crippen MR) is 157 cm³/mol. The van der Waals surface area contributed by atoms with E-state index in [1.54, 1.807) is 0 Å². The Morgan fingerprint density at radius 2 is 0.684 bits per heavy atom. The highest BCUT2D eigenvalue weighted by molar-refractivity contribution is 7.48. The molecule has 0 radical (unpaired) electrons. The molecule has 0 aliphatic heterocycles. The zero-order valence-corrected chi connectivity index (χ0v) is 26.8. The molecule has 8 heteroatoms. The standard InChI is InChI=1S/C30H63O7P/c1-7-13-19-25-32-28(22-16-10-4)35-38(31,36-29(23-17-11-5)33-26-20-14-8-2)37-30(24-18-12-6)34-27-21-15-9-3/h28-30H,7-27H2,1-6H3. The van der Waals surface area contributed by atoms with Crippen LogP contribution in [0.15, 0.2) is 0 Å². The SMILES string of the molecule is CCCCCOC(CCCC)OP(=O)(OC(CCCC)OCCCCC)OC(CCCC)OCCCCC. The smallest absolute Gasteiger partial charge is 0.352 e. The third kappa shape index (κ3) is 21.8. The molecule has 0 saturated heterocycles. The summed E-state index contributed by atoms with van der Waals surface area (Å²) in [5.74, 6) is 0. The van der Waals surface area contributed by atoms with Crippen LogP contribution in [0.2, 0.25) is 0 Å². The van der Waals surface area contributed by atoms with Crippen molar-refractivity contribution in [1.29, 1.82) is 0 Å². The number of hydrogen-bond donors (Lipinski definition) is 0. The zero-order valence-electron chi connectivity index (χ0n) is 25.9.